The maximum absolute atomic E-state index is 2.70. The summed E-state index contributed by atoms with van der Waals surface area (Å²) in [7, 11) is 0. The van der Waals surface area contributed by atoms with Gasteiger partial charge in [0.15, 0.2) is 0 Å². The van der Waals surface area contributed by atoms with Crippen LogP contribution in [-0.4, -0.2) is 5.92 Å². The summed E-state index contributed by atoms with van der Waals surface area (Å²) < 4.78 is 1.19. The van der Waals surface area contributed by atoms with Crippen LogP contribution in [0.1, 0.15) is 93.3 Å². The Hall–Kier alpha value is -2.54. The molecule has 46 heavy (non-hydrogen) atoms. The third-order valence-electron chi connectivity index (χ3n) is 11.0. The van der Waals surface area contributed by atoms with E-state index >= 15 is 0 Å². The average Bonchev–Trinajstić information content (AvgIpc) is 3.56. The van der Waals surface area contributed by atoms with Crippen LogP contribution in [0.2, 0.25) is 13.1 Å². The molecule has 2 aliphatic carbocycles. The van der Waals surface area contributed by atoms with Crippen molar-refractivity contribution in [1.82, 2.24) is 0 Å². The molecule has 2 atom stereocenters. The van der Waals surface area contributed by atoms with Gasteiger partial charge < -0.3 is 0 Å². The molecule has 0 heterocycles. The van der Waals surface area contributed by atoms with Gasteiger partial charge >= 0.3 is 290 Å². The zero-order valence-corrected chi connectivity index (χ0v) is 33.9. The number of allylic oxidation sites excluding steroid dienone is 2. The Kier molecular flexibility index (Phi) is 8.82. The standard InChI is InChI=1S/2C21H23.C2H7Si.Zr/c2*1-14-8-6-10-18(15(14)2)19-11-7-9-16-12-17(13-20(16)19)21(3,4)5;1-3-2;/h2*6-13H,1-5H3;3H,1-2H3;. The molecular formula is C44H53SiZr. The summed E-state index contributed by atoms with van der Waals surface area (Å²) in [5, 5.41) is 0. The van der Waals surface area contributed by atoms with Crippen LogP contribution < -0.4 is 0 Å². The quantitative estimate of drug-likeness (QED) is 0.182. The van der Waals surface area contributed by atoms with Crippen LogP contribution in [0.4, 0.5) is 0 Å². The number of hydrogen-bond acceptors (Lipinski definition) is 0. The molecule has 0 amide bonds. The first-order valence-electron chi connectivity index (χ1n) is 17.3. The molecule has 0 aromatic heterocycles. The average molecular weight is 701 g/mol. The van der Waals surface area contributed by atoms with Crippen LogP contribution in [-0.2, 0) is 20.9 Å². The molecular weight excluding hydrogens is 648 g/mol. The number of hydrogen-bond donors (Lipinski definition) is 0. The summed E-state index contributed by atoms with van der Waals surface area (Å²) in [6.45, 7) is 29.3. The first-order valence-corrected chi connectivity index (χ1v) is 27.3. The van der Waals surface area contributed by atoms with E-state index in [0.717, 1.165) is 0 Å². The minimum absolute atomic E-state index is 0.116. The Morgan fingerprint density at radius 2 is 0.848 bits per heavy atom. The van der Waals surface area contributed by atoms with Crippen LogP contribution in [0.3, 0.4) is 0 Å². The van der Waals surface area contributed by atoms with Crippen molar-refractivity contribution >= 4 is 18.1 Å². The number of aryl methyl sites for hydroxylation is 2. The molecule has 0 N–H and O–H groups in total. The predicted molar refractivity (Wildman–Crippen MR) is 202 cm³/mol. The molecule has 4 aromatic rings. The zero-order valence-electron chi connectivity index (χ0n) is 30.3. The van der Waals surface area contributed by atoms with Gasteiger partial charge in [0.25, 0.3) is 0 Å². The van der Waals surface area contributed by atoms with E-state index in [1.807, 2.05) is 0 Å². The predicted octanol–water partition coefficient (Wildman–Crippen LogP) is 12.5. The van der Waals surface area contributed by atoms with Crippen molar-refractivity contribution in [3.63, 3.8) is 0 Å². The Labute approximate surface area is 288 Å². The first-order chi connectivity index (χ1) is 21.6. The Morgan fingerprint density at radius 3 is 1.20 bits per heavy atom. The Morgan fingerprint density at radius 1 is 0.500 bits per heavy atom. The molecule has 2 unspecified atom stereocenters. The second-order valence-electron chi connectivity index (χ2n) is 16.3. The number of fused-ring (bicyclic) bond motifs is 2. The Bertz CT molecular complexity index is 1750. The third-order valence-corrected chi connectivity index (χ3v) is 32.4. The SMILES string of the molecule is Cc1cccc(-c2cccc3c2C=C(C(C)(C)C)[CH]3[Zr]([CH]2C(C(C)(C)C)=Cc3c(-c4cccc(C)c4C)cccc32)[SiH](C)C)c1C. The van der Waals surface area contributed by atoms with Crippen LogP contribution in [0.5, 0.6) is 0 Å². The van der Waals surface area contributed by atoms with E-state index in [4.69, 9.17) is 0 Å². The summed E-state index contributed by atoms with van der Waals surface area (Å²) in [4.78, 5) is 0. The summed E-state index contributed by atoms with van der Waals surface area (Å²) in [5.74, 6) is -1.03. The summed E-state index contributed by atoms with van der Waals surface area (Å²) in [6.07, 6.45) is 5.33. The minimum atomic E-state index is -2.32. The van der Waals surface area contributed by atoms with Gasteiger partial charge in [-0.25, -0.2) is 0 Å². The topological polar surface area (TPSA) is 0 Å². The van der Waals surface area contributed by atoms with Gasteiger partial charge in [-0.3, -0.25) is 0 Å². The molecule has 0 nitrogen and oxygen atoms in total. The first kappa shape index (κ1) is 33.4. The van der Waals surface area contributed by atoms with Gasteiger partial charge in [-0.2, -0.15) is 0 Å². The zero-order chi connectivity index (χ0) is 33.3. The van der Waals surface area contributed by atoms with Gasteiger partial charge in [0.2, 0.25) is 0 Å². The molecule has 6 rings (SSSR count). The van der Waals surface area contributed by atoms with Crippen molar-refractivity contribution in [2.24, 2.45) is 10.8 Å². The summed E-state index contributed by atoms with van der Waals surface area (Å²) in [5.41, 5.74) is 21.1. The molecule has 0 fully saturated rings. The fraction of sp³-hybridized carbons (Fsp3) is 0.364. The van der Waals surface area contributed by atoms with Gasteiger partial charge in [-0.15, -0.1) is 0 Å². The van der Waals surface area contributed by atoms with Crippen molar-refractivity contribution in [3.05, 3.63) is 128 Å². The van der Waals surface area contributed by atoms with E-state index < -0.39 is 26.8 Å². The molecule has 0 aliphatic heterocycles. The summed E-state index contributed by atoms with van der Waals surface area (Å²) >= 11 is -2.32. The van der Waals surface area contributed by atoms with Crippen molar-refractivity contribution in [2.45, 2.75) is 89.6 Å². The molecule has 2 heteroatoms. The normalized spacial score (nSPS) is 17.6. The van der Waals surface area contributed by atoms with Crippen molar-refractivity contribution < 1.29 is 20.9 Å². The third kappa shape index (κ3) is 5.66. The van der Waals surface area contributed by atoms with Gasteiger partial charge in [0.05, 0.1) is 0 Å². The van der Waals surface area contributed by atoms with Crippen LogP contribution in [0.15, 0.2) is 83.9 Å². The van der Waals surface area contributed by atoms with E-state index in [-0.39, 0.29) is 10.8 Å². The van der Waals surface area contributed by atoms with Crippen molar-refractivity contribution in [1.29, 1.82) is 0 Å². The maximum atomic E-state index is 2.70. The van der Waals surface area contributed by atoms with Gasteiger partial charge in [-0.05, 0) is 0 Å². The number of rotatable bonds is 5. The monoisotopic (exact) mass is 699 g/mol. The van der Waals surface area contributed by atoms with E-state index in [2.05, 4.69) is 167 Å². The number of benzene rings is 4. The van der Waals surface area contributed by atoms with E-state index in [0.29, 0.717) is 7.25 Å². The fourth-order valence-corrected chi connectivity index (χ4v) is 31.8. The van der Waals surface area contributed by atoms with Gasteiger partial charge in [0, 0.05) is 0 Å². The molecule has 237 valence electrons. The molecule has 0 saturated heterocycles. The molecule has 0 radical (unpaired) electrons. The fourth-order valence-electron chi connectivity index (χ4n) is 8.21. The van der Waals surface area contributed by atoms with Gasteiger partial charge in [-0.1, -0.05) is 0 Å². The Balaban J connectivity index is 1.60. The van der Waals surface area contributed by atoms with E-state index in [1.165, 1.54) is 55.6 Å². The van der Waals surface area contributed by atoms with E-state index in [1.54, 1.807) is 22.3 Å². The molecule has 0 spiro atoms. The van der Waals surface area contributed by atoms with Crippen LogP contribution in [0.25, 0.3) is 34.4 Å². The van der Waals surface area contributed by atoms with E-state index in [9.17, 15) is 0 Å². The second-order valence-corrected chi connectivity index (χ2v) is 36.4. The molecule has 4 aromatic carbocycles. The molecule has 0 saturated carbocycles. The second kappa shape index (κ2) is 12.2. The molecule has 2 aliphatic rings. The van der Waals surface area contributed by atoms with Crippen LogP contribution >= 0.6 is 0 Å². The summed E-state index contributed by atoms with van der Waals surface area (Å²) in [6, 6.07) is 28.2. The van der Waals surface area contributed by atoms with Crippen molar-refractivity contribution in [3.8, 4) is 22.3 Å². The van der Waals surface area contributed by atoms with Gasteiger partial charge in [0.1, 0.15) is 0 Å². The molecule has 0 bridgehead atoms. The van der Waals surface area contributed by atoms with Crippen molar-refractivity contribution in [2.75, 3.05) is 0 Å². The van der Waals surface area contributed by atoms with Crippen LogP contribution in [0, 0.1) is 38.5 Å².